The van der Waals surface area contributed by atoms with Crippen molar-refractivity contribution in [3.63, 3.8) is 0 Å². The van der Waals surface area contributed by atoms with Gasteiger partial charge in [0.25, 0.3) is 0 Å². The van der Waals surface area contributed by atoms with Crippen LogP contribution in [0.15, 0.2) is 28.7 Å². The second-order valence-corrected chi connectivity index (χ2v) is 9.14. The molecule has 0 bridgehead atoms. The van der Waals surface area contributed by atoms with Crippen LogP contribution in [0.3, 0.4) is 0 Å². The summed E-state index contributed by atoms with van der Waals surface area (Å²) in [6.45, 7) is 2.32. The fraction of sp³-hybridized carbons (Fsp3) is 0.542. The number of aryl methyl sites for hydroxylation is 1. The van der Waals surface area contributed by atoms with Gasteiger partial charge in [0.1, 0.15) is 5.76 Å². The van der Waals surface area contributed by atoms with Gasteiger partial charge in [0.05, 0.1) is 19.9 Å². The van der Waals surface area contributed by atoms with Gasteiger partial charge in [0.15, 0.2) is 11.5 Å². The maximum atomic E-state index is 13.2. The van der Waals surface area contributed by atoms with Crippen LogP contribution in [0.1, 0.15) is 42.8 Å². The fourth-order valence-corrected chi connectivity index (χ4v) is 5.56. The standard InChI is InChI=1S/C24H30F3N3O4/c1-14-11-17(21(34-14)24(25,26)27)29-22(31)28-16-7-8-23(9-10-30(2)20(23)13-16)15-5-6-18(32-3)19(12-15)33-4/h5-6,11-12,16,20H,7-10,13H2,1-4H3,(H2,28,29,31)/t16-,20+,23+/m1/s1. The molecule has 186 valence electrons. The molecular formula is C24H30F3N3O4. The maximum Gasteiger partial charge on any atom is 0.451 e. The third-order valence-corrected chi connectivity index (χ3v) is 7.18. The summed E-state index contributed by atoms with van der Waals surface area (Å²) in [7, 11) is 5.29. The van der Waals surface area contributed by atoms with Crippen molar-refractivity contribution in [1.29, 1.82) is 0 Å². The van der Waals surface area contributed by atoms with Crippen LogP contribution in [0.5, 0.6) is 11.5 Å². The molecule has 2 aliphatic rings. The molecule has 0 unspecified atom stereocenters. The Morgan fingerprint density at radius 1 is 1.18 bits per heavy atom. The van der Waals surface area contributed by atoms with E-state index in [4.69, 9.17) is 13.9 Å². The Kier molecular flexibility index (Phi) is 6.46. The van der Waals surface area contributed by atoms with Gasteiger partial charge >= 0.3 is 12.2 Å². The SMILES string of the molecule is COc1ccc([C@@]23CC[C@@H](NC(=O)Nc4cc(C)oc4C(F)(F)F)C[C@@H]2N(C)CC3)cc1OC. The van der Waals surface area contributed by atoms with Gasteiger partial charge in [-0.1, -0.05) is 6.07 Å². The van der Waals surface area contributed by atoms with Crippen molar-refractivity contribution >= 4 is 11.7 Å². The number of nitrogens with zero attached hydrogens (tertiary/aromatic N) is 1. The van der Waals surface area contributed by atoms with Gasteiger partial charge in [-0.2, -0.15) is 13.2 Å². The molecule has 2 aromatic rings. The lowest BCUT2D eigenvalue weighted by molar-refractivity contribution is -0.152. The number of rotatable bonds is 5. The second kappa shape index (κ2) is 9.05. The Morgan fingerprint density at radius 3 is 2.59 bits per heavy atom. The molecule has 1 saturated heterocycles. The number of hydrogen-bond donors (Lipinski definition) is 2. The number of ether oxygens (including phenoxy) is 2. The van der Waals surface area contributed by atoms with Gasteiger partial charge < -0.3 is 29.4 Å². The molecule has 0 radical (unpaired) electrons. The van der Waals surface area contributed by atoms with Gasteiger partial charge in [-0.3, -0.25) is 0 Å². The Bertz CT molecular complexity index is 1050. The van der Waals surface area contributed by atoms with Crippen LogP contribution in [0.2, 0.25) is 0 Å². The number of alkyl halides is 3. The van der Waals surface area contributed by atoms with Crippen LogP contribution in [0.25, 0.3) is 0 Å². The lowest BCUT2D eigenvalue weighted by atomic mass is 9.65. The number of anilines is 1. The fourth-order valence-electron chi connectivity index (χ4n) is 5.56. The number of amides is 2. The Labute approximate surface area is 196 Å². The molecule has 2 fully saturated rings. The lowest BCUT2D eigenvalue weighted by Gasteiger charge is -2.45. The number of hydrogen-bond acceptors (Lipinski definition) is 5. The van der Waals surface area contributed by atoms with Crippen LogP contribution in [0.4, 0.5) is 23.7 Å². The van der Waals surface area contributed by atoms with Crippen LogP contribution < -0.4 is 20.1 Å². The summed E-state index contributed by atoms with van der Waals surface area (Å²) in [6, 6.07) is 6.54. The predicted octanol–water partition coefficient (Wildman–Crippen LogP) is 4.94. The van der Waals surface area contributed by atoms with Crippen molar-refractivity contribution in [2.24, 2.45) is 0 Å². The number of methoxy groups -OCH3 is 2. The first-order valence-corrected chi connectivity index (χ1v) is 11.3. The predicted molar refractivity (Wildman–Crippen MR) is 120 cm³/mol. The molecule has 7 nitrogen and oxygen atoms in total. The van der Waals surface area contributed by atoms with E-state index >= 15 is 0 Å². The Morgan fingerprint density at radius 2 is 1.91 bits per heavy atom. The molecule has 3 atom stereocenters. The number of likely N-dealkylation sites (N-methyl/N-ethyl adjacent to an activating group) is 1. The molecule has 2 amide bonds. The molecule has 4 rings (SSSR count). The van der Waals surface area contributed by atoms with E-state index in [-0.39, 0.29) is 28.9 Å². The summed E-state index contributed by atoms with van der Waals surface area (Å²) in [5, 5.41) is 5.18. The van der Waals surface area contributed by atoms with E-state index in [0.29, 0.717) is 24.3 Å². The summed E-state index contributed by atoms with van der Waals surface area (Å²) in [6.07, 6.45) is -1.47. The maximum absolute atomic E-state index is 13.2. The second-order valence-electron chi connectivity index (χ2n) is 9.14. The van der Waals surface area contributed by atoms with Crippen LogP contribution in [-0.4, -0.2) is 50.8 Å². The van der Waals surface area contributed by atoms with Gasteiger partial charge in [0.2, 0.25) is 5.76 Å². The van der Waals surface area contributed by atoms with Crippen molar-refractivity contribution < 1.29 is 31.9 Å². The molecule has 1 aromatic carbocycles. The molecule has 34 heavy (non-hydrogen) atoms. The van der Waals surface area contributed by atoms with E-state index in [0.717, 1.165) is 19.4 Å². The minimum atomic E-state index is -4.69. The van der Waals surface area contributed by atoms with E-state index in [1.807, 2.05) is 12.1 Å². The number of carbonyl (C=O) groups is 1. The summed E-state index contributed by atoms with van der Waals surface area (Å²) in [5.74, 6) is 0.225. The number of furan rings is 1. The van der Waals surface area contributed by atoms with Crippen LogP contribution in [0, 0.1) is 6.92 Å². The van der Waals surface area contributed by atoms with Gasteiger partial charge in [-0.15, -0.1) is 0 Å². The molecular weight excluding hydrogens is 451 g/mol. The van der Waals surface area contributed by atoms with Crippen molar-refractivity contribution in [1.82, 2.24) is 10.2 Å². The summed E-state index contributed by atoms with van der Waals surface area (Å²) < 4.78 is 55.2. The number of nitrogens with one attached hydrogen (secondary N) is 2. The minimum Gasteiger partial charge on any atom is -0.493 e. The zero-order valence-electron chi connectivity index (χ0n) is 19.7. The van der Waals surface area contributed by atoms with Crippen LogP contribution in [-0.2, 0) is 11.6 Å². The number of likely N-dealkylation sites (tertiary alicyclic amines) is 1. The van der Waals surface area contributed by atoms with Crippen molar-refractivity contribution in [2.45, 2.75) is 56.3 Å². The Balaban J connectivity index is 1.48. The smallest absolute Gasteiger partial charge is 0.451 e. The number of halogens is 3. The number of fused-ring (bicyclic) bond motifs is 1. The zero-order chi connectivity index (χ0) is 24.7. The monoisotopic (exact) mass is 481 g/mol. The van der Waals surface area contributed by atoms with E-state index < -0.39 is 18.0 Å². The normalized spacial score (nSPS) is 25.0. The molecule has 2 N–H and O–H groups in total. The largest absolute Gasteiger partial charge is 0.493 e. The van der Waals surface area contributed by atoms with E-state index in [2.05, 4.69) is 28.6 Å². The topological polar surface area (TPSA) is 76.0 Å². The van der Waals surface area contributed by atoms with Crippen LogP contribution >= 0.6 is 0 Å². The average molecular weight is 482 g/mol. The molecule has 2 heterocycles. The molecule has 10 heteroatoms. The highest BCUT2D eigenvalue weighted by Gasteiger charge is 2.50. The van der Waals surface area contributed by atoms with Crippen molar-refractivity contribution in [2.75, 3.05) is 33.1 Å². The quantitative estimate of drug-likeness (QED) is 0.633. The number of urea groups is 1. The molecule has 1 aliphatic heterocycles. The van der Waals surface area contributed by atoms with Gasteiger partial charge in [0, 0.05) is 23.6 Å². The molecule has 1 saturated carbocycles. The minimum absolute atomic E-state index is 0.0765. The summed E-state index contributed by atoms with van der Waals surface area (Å²) >= 11 is 0. The highest BCUT2D eigenvalue weighted by atomic mass is 19.4. The Hall–Kier alpha value is -2.88. The first-order chi connectivity index (χ1) is 16.1. The number of carbonyl (C=O) groups excluding carboxylic acids is 1. The van der Waals surface area contributed by atoms with Gasteiger partial charge in [-0.05, 0) is 63.9 Å². The number of benzene rings is 1. The van der Waals surface area contributed by atoms with Gasteiger partial charge in [-0.25, -0.2) is 4.79 Å². The average Bonchev–Trinajstić information content (AvgIpc) is 3.33. The third kappa shape index (κ3) is 4.43. The lowest BCUT2D eigenvalue weighted by Crippen LogP contribution is -2.52. The molecule has 1 aliphatic carbocycles. The van der Waals surface area contributed by atoms with E-state index in [1.165, 1.54) is 18.6 Å². The van der Waals surface area contributed by atoms with E-state index in [1.54, 1.807) is 14.2 Å². The third-order valence-electron chi connectivity index (χ3n) is 7.18. The van der Waals surface area contributed by atoms with E-state index in [9.17, 15) is 18.0 Å². The molecule has 0 spiro atoms. The highest BCUT2D eigenvalue weighted by Crippen LogP contribution is 2.50. The van der Waals surface area contributed by atoms with Crippen molar-refractivity contribution in [3.8, 4) is 11.5 Å². The van der Waals surface area contributed by atoms with Crippen molar-refractivity contribution in [3.05, 3.63) is 41.3 Å². The molecule has 1 aromatic heterocycles. The summed E-state index contributed by atoms with van der Waals surface area (Å²) in [5.41, 5.74) is 0.704. The first-order valence-electron chi connectivity index (χ1n) is 11.3. The summed E-state index contributed by atoms with van der Waals surface area (Å²) in [4.78, 5) is 14.9. The zero-order valence-corrected chi connectivity index (χ0v) is 19.7. The highest BCUT2D eigenvalue weighted by molar-refractivity contribution is 5.90. The first kappa shape index (κ1) is 24.3.